The number of ketones is 1. The number of rotatable bonds is 8. The lowest BCUT2D eigenvalue weighted by molar-refractivity contribution is -0.140. The molecule has 0 aliphatic carbocycles. The molecule has 9 heteroatoms. The van der Waals surface area contributed by atoms with Gasteiger partial charge in [-0.3, -0.25) is 4.79 Å². The summed E-state index contributed by atoms with van der Waals surface area (Å²) in [7, 11) is 0. The fourth-order valence-electron chi connectivity index (χ4n) is 4.31. The van der Waals surface area contributed by atoms with E-state index in [1.807, 2.05) is 30.3 Å². The number of allylic oxidation sites excluding steroid dienone is 2. The van der Waals surface area contributed by atoms with Gasteiger partial charge in [-0.05, 0) is 36.8 Å². The number of nitrogens with one attached hydrogen (secondary N) is 1. The van der Waals surface area contributed by atoms with Crippen LogP contribution in [-0.4, -0.2) is 17.5 Å². The zero-order valence-electron chi connectivity index (χ0n) is 20.8. The van der Waals surface area contributed by atoms with E-state index >= 15 is 0 Å². The van der Waals surface area contributed by atoms with Crippen LogP contribution in [-0.2, 0) is 16.1 Å². The lowest BCUT2D eigenvalue weighted by Gasteiger charge is -2.27. The number of ether oxygens (including phenoxy) is 1. The Morgan fingerprint density at radius 1 is 1.08 bits per heavy atom. The smallest absolute Gasteiger partial charge is 0.347 e. The average molecular weight is 539 g/mol. The summed E-state index contributed by atoms with van der Waals surface area (Å²) in [5.74, 6) is -1.62. The fourth-order valence-corrected chi connectivity index (χ4v) is 5.28. The second-order valence-electron chi connectivity index (χ2n) is 8.73. The first-order valence-electron chi connectivity index (χ1n) is 12.0. The van der Waals surface area contributed by atoms with Gasteiger partial charge in [-0.1, -0.05) is 60.3 Å². The van der Waals surface area contributed by atoms with Gasteiger partial charge >= 0.3 is 11.6 Å². The molecule has 1 aliphatic heterocycles. The van der Waals surface area contributed by atoms with Gasteiger partial charge in [0.05, 0.1) is 40.2 Å². The second kappa shape index (κ2) is 11.3. The van der Waals surface area contributed by atoms with Crippen LogP contribution in [0.2, 0.25) is 0 Å². The number of esters is 1. The van der Waals surface area contributed by atoms with Crippen LogP contribution in [0.3, 0.4) is 0 Å². The largest absolute Gasteiger partial charge is 0.468 e. The maximum absolute atomic E-state index is 13.3. The first-order chi connectivity index (χ1) is 19.0. The van der Waals surface area contributed by atoms with Gasteiger partial charge in [0.2, 0.25) is 0 Å². The van der Waals surface area contributed by atoms with E-state index in [9.17, 15) is 19.6 Å². The standard InChI is InChI=1S/C30H22N2O6S/c1-18-26(30(35)37-16-19-8-3-2-4-9-19)27(25-12-7-13-36-25)22(15-31)28(32-18)39-17-23(33)21-14-20-10-5-6-11-24(20)38-29(21)34/h2-14,27,32H,16-17H2,1H3/t27-/m1/s1. The van der Waals surface area contributed by atoms with E-state index in [4.69, 9.17) is 13.6 Å². The summed E-state index contributed by atoms with van der Waals surface area (Å²) >= 11 is 1.06. The van der Waals surface area contributed by atoms with E-state index in [-0.39, 0.29) is 29.1 Å². The summed E-state index contributed by atoms with van der Waals surface area (Å²) in [4.78, 5) is 38.7. The number of carbonyl (C=O) groups excluding carboxylic acids is 2. The summed E-state index contributed by atoms with van der Waals surface area (Å²) < 4.78 is 16.5. The lowest BCUT2D eigenvalue weighted by Crippen LogP contribution is -2.29. The third-order valence-corrected chi connectivity index (χ3v) is 7.21. The van der Waals surface area contributed by atoms with Gasteiger partial charge in [0.25, 0.3) is 0 Å². The van der Waals surface area contributed by atoms with Gasteiger partial charge in [0.15, 0.2) is 5.78 Å². The third-order valence-electron chi connectivity index (χ3n) is 6.20. The normalized spacial score (nSPS) is 15.1. The number of para-hydroxylation sites is 1. The lowest BCUT2D eigenvalue weighted by atomic mass is 9.86. The molecule has 3 heterocycles. The first-order valence-corrected chi connectivity index (χ1v) is 13.0. The van der Waals surface area contributed by atoms with Crippen molar-refractivity contribution in [2.45, 2.75) is 19.4 Å². The molecule has 0 unspecified atom stereocenters. The number of dihydropyridines is 1. The molecule has 0 radical (unpaired) electrons. The molecule has 194 valence electrons. The molecule has 0 saturated carbocycles. The number of furan rings is 1. The zero-order valence-corrected chi connectivity index (χ0v) is 21.6. The molecule has 0 bridgehead atoms. The Balaban J connectivity index is 1.41. The van der Waals surface area contributed by atoms with Gasteiger partial charge in [0, 0.05) is 11.1 Å². The predicted octanol–water partition coefficient (Wildman–Crippen LogP) is 5.44. The van der Waals surface area contributed by atoms with Crippen molar-refractivity contribution in [2.75, 3.05) is 5.75 Å². The van der Waals surface area contributed by atoms with Crippen molar-refractivity contribution in [2.24, 2.45) is 0 Å². The van der Waals surface area contributed by atoms with E-state index in [1.165, 1.54) is 12.3 Å². The van der Waals surface area contributed by atoms with Crippen molar-refractivity contribution < 1.29 is 23.2 Å². The van der Waals surface area contributed by atoms with Crippen molar-refractivity contribution in [3.05, 3.63) is 128 Å². The minimum Gasteiger partial charge on any atom is -0.468 e. The Kier molecular flexibility index (Phi) is 7.48. The molecule has 0 spiro atoms. The van der Waals surface area contributed by atoms with E-state index in [0.717, 1.165) is 17.3 Å². The molecule has 0 fully saturated rings. The predicted molar refractivity (Wildman–Crippen MR) is 145 cm³/mol. The van der Waals surface area contributed by atoms with Gasteiger partial charge in [-0.15, -0.1) is 0 Å². The van der Waals surface area contributed by atoms with E-state index in [1.54, 1.807) is 43.3 Å². The number of carbonyl (C=O) groups is 2. The van der Waals surface area contributed by atoms with E-state index in [2.05, 4.69) is 11.4 Å². The van der Waals surface area contributed by atoms with E-state index < -0.39 is 23.3 Å². The van der Waals surface area contributed by atoms with Crippen LogP contribution in [0.15, 0.2) is 115 Å². The molecule has 0 amide bonds. The number of hydrogen-bond acceptors (Lipinski definition) is 9. The fraction of sp³-hybridized carbons (Fsp3) is 0.133. The molecule has 8 nitrogen and oxygen atoms in total. The average Bonchev–Trinajstić information content (AvgIpc) is 3.49. The minimum absolute atomic E-state index is 0.0668. The summed E-state index contributed by atoms with van der Waals surface area (Å²) in [5.41, 5.74) is 1.33. The van der Waals surface area contributed by atoms with Crippen molar-refractivity contribution in [1.29, 1.82) is 5.26 Å². The highest BCUT2D eigenvalue weighted by molar-refractivity contribution is 8.03. The van der Waals surface area contributed by atoms with Crippen LogP contribution in [0.1, 0.15) is 34.5 Å². The van der Waals surface area contributed by atoms with Crippen LogP contribution >= 0.6 is 11.8 Å². The Hall–Kier alpha value is -4.81. The first kappa shape index (κ1) is 25.8. The summed E-state index contributed by atoms with van der Waals surface area (Å²) in [6.45, 7) is 1.76. The number of nitriles is 1. The van der Waals surface area contributed by atoms with Gasteiger partial charge in [0.1, 0.15) is 23.5 Å². The summed E-state index contributed by atoms with van der Waals surface area (Å²) in [5, 5.41) is 14.3. The number of benzene rings is 2. The van der Waals surface area contributed by atoms with Crippen LogP contribution < -0.4 is 10.9 Å². The number of nitrogens with zero attached hydrogens (tertiary/aromatic N) is 1. The van der Waals surface area contributed by atoms with Gasteiger partial charge in [-0.2, -0.15) is 5.26 Å². The summed E-state index contributed by atoms with van der Waals surface area (Å²) in [6, 6.07) is 23.2. The Labute approximate surface area is 227 Å². The molecular formula is C30H22N2O6S. The number of Topliss-reactive ketones (excluding diaryl/α,β-unsaturated/α-hetero) is 1. The van der Waals surface area contributed by atoms with Crippen LogP contribution in [0, 0.1) is 11.3 Å². The molecule has 1 aliphatic rings. The van der Waals surface area contributed by atoms with Crippen LogP contribution in [0.25, 0.3) is 11.0 Å². The molecule has 0 saturated heterocycles. The molecule has 1 atom stereocenters. The maximum atomic E-state index is 13.3. The quantitative estimate of drug-likeness (QED) is 0.177. The highest BCUT2D eigenvalue weighted by Gasteiger charge is 2.37. The van der Waals surface area contributed by atoms with Crippen molar-refractivity contribution in [3.8, 4) is 6.07 Å². The maximum Gasteiger partial charge on any atom is 0.347 e. The Bertz CT molecular complexity index is 1710. The molecule has 5 rings (SSSR count). The number of hydrogen-bond donors (Lipinski definition) is 1. The minimum atomic E-state index is -0.835. The number of fused-ring (bicyclic) bond motifs is 1. The van der Waals surface area contributed by atoms with Gasteiger partial charge < -0.3 is 18.9 Å². The highest BCUT2D eigenvalue weighted by atomic mass is 32.2. The molecule has 39 heavy (non-hydrogen) atoms. The molecule has 1 N–H and O–H groups in total. The zero-order chi connectivity index (χ0) is 27.4. The Morgan fingerprint density at radius 3 is 2.59 bits per heavy atom. The van der Waals surface area contributed by atoms with Crippen molar-refractivity contribution in [3.63, 3.8) is 0 Å². The van der Waals surface area contributed by atoms with Crippen LogP contribution in [0.4, 0.5) is 0 Å². The molecule has 2 aromatic heterocycles. The topological polar surface area (TPSA) is 123 Å². The second-order valence-corrected chi connectivity index (χ2v) is 9.71. The highest BCUT2D eigenvalue weighted by Crippen LogP contribution is 2.41. The third kappa shape index (κ3) is 5.42. The monoisotopic (exact) mass is 538 g/mol. The van der Waals surface area contributed by atoms with Gasteiger partial charge in [-0.25, -0.2) is 9.59 Å². The van der Waals surface area contributed by atoms with Crippen LogP contribution in [0.5, 0.6) is 0 Å². The molecule has 2 aromatic carbocycles. The number of thioether (sulfide) groups is 1. The SMILES string of the molecule is CC1=C(C(=O)OCc2ccccc2)[C@@H](c2ccco2)C(C#N)=C(SCC(=O)c2cc3ccccc3oc2=O)N1. The van der Waals surface area contributed by atoms with Crippen molar-refractivity contribution >= 4 is 34.5 Å². The molecular weight excluding hydrogens is 516 g/mol. The Morgan fingerprint density at radius 2 is 1.85 bits per heavy atom. The van der Waals surface area contributed by atoms with E-state index in [0.29, 0.717) is 27.5 Å². The summed E-state index contributed by atoms with van der Waals surface area (Å²) in [6.07, 6.45) is 1.46. The molecule has 4 aromatic rings. The van der Waals surface area contributed by atoms with Crippen molar-refractivity contribution in [1.82, 2.24) is 5.32 Å².